The molecule has 0 fully saturated rings. The van der Waals surface area contributed by atoms with Crippen LogP contribution in [0.1, 0.15) is 63.4 Å². The number of hydrogen-bond acceptors (Lipinski definition) is 4. The van der Waals surface area contributed by atoms with E-state index in [0.717, 1.165) is 29.1 Å². The van der Waals surface area contributed by atoms with Crippen LogP contribution in [-0.2, 0) is 11.3 Å². The Balaban J connectivity index is 2.36. The van der Waals surface area contributed by atoms with Crippen molar-refractivity contribution in [2.24, 2.45) is 5.41 Å². The first-order valence-electron chi connectivity index (χ1n) is 11.5. The minimum atomic E-state index is -0.0887. The highest BCUT2D eigenvalue weighted by Gasteiger charge is 2.23. The van der Waals surface area contributed by atoms with Gasteiger partial charge >= 0.3 is 0 Å². The monoisotopic (exact) mass is 453 g/mol. The number of benzene rings is 2. The predicted molar refractivity (Wildman–Crippen MR) is 136 cm³/mol. The van der Waals surface area contributed by atoms with Gasteiger partial charge < -0.3 is 19.9 Å². The van der Waals surface area contributed by atoms with Gasteiger partial charge in [-0.1, -0.05) is 27.7 Å². The van der Waals surface area contributed by atoms with Crippen LogP contribution in [0.15, 0.2) is 42.5 Å². The fraction of sp³-hybridized carbons (Fsp3) is 0.481. The van der Waals surface area contributed by atoms with Gasteiger partial charge in [0.05, 0.1) is 7.11 Å². The minimum absolute atomic E-state index is 0.0147. The second kappa shape index (κ2) is 11.2. The van der Waals surface area contributed by atoms with Gasteiger partial charge in [0.1, 0.15) is 5.75 Å². The van der Waals surface area contributed by atoms with E-state index in [0.29, 0.717) is 18.5 Å². The molecule has 2 amide bonds. The molecule has 0 spiro atoms. The first-order chi connectivity index (χ1) is 15.4. The molecule has 0 radical (unpaired) electrons. The van der Waals surface area contributed by atoms with E-state index in [9.17, 15) is 9.59 Å². The minimum Gasteiger partial charge on any atom is -0.497 e. The lowest BCUT2D eigenvalue weighted by Crippen LogP contribution is -2.38. The zero-order chi connectivity index (χ0) is 24.8. The third kappa shape index (κ3) is 7.52. The Bertz CT molecular complexity index is 946. The fourth-order valence-electron chi connectivity index (χ4n) is 3.64. The summed E-state index contributed by atoms with van der Waals surface area (Å²) in [5.41, 5.74) is 3.27. The molecule has 33 heavy (non-hydrogen) atoms. The van der Waals surface area contributed by atoms with E-state index in [1.165, 1.54) is 0 Å². The number of nitrogens with zero attached hydrogens (tertiary/aromatic N) is 2. The molecule has 0 aromatic heterocycles. The van der Waals surface area contributed by atoms with Crippen molar-refractivity contribution in [1.82, 2.24) is 4.90 Å². The third-order valence-corrected chi connectivity index (χ3v) is 5.60. The summed E-state index contributed by atoms with van der Waals surface area (Å²) >= 11 is 0. The van der Waals surface area contributed by atoms with Gasteiger partial charge in [-0.2, -0.15) is 0 Å². The van der Waals surface area contributed by atoms with Crippen LogP contribution < -0.4 is 15.0 Å². The maximum atomic E-state index is 13.5. The third-order valence-electron chi connectivity index (χ3n) is 5.60. The Morgan fingerprint density at radius 1 is 1.06 bits per heavy atom. The molecule has 2 aromatic carbocycles. The summed E-state index contributed by atoms with van der Waals surface area (Å²) in [5.74, 6) is 0.674. The second-order valence-corrected chi connectivity index (χ2v) is 9.94. The van der Waals surface area contributed by atoms with Crippen LogP contribution in [0, 0.1) is 5.41 Å². The van der Waals surface area contributed by atoms with Crippen LogP contribution in [0.4, 0.5) is 11.4 Å². The van der Waals surface area contributed by atoms with Gasteiger partial charge in [0.25, 0.3) is 5.91 Å². The van der Waals surface area contributed by atoms with E-state index in [-0.39, 0.29) is 23.3 Å². The number of nitrogens with one attached hydrogen (secondary N) is 1. The first kappa shape index (κ1) is 26.2. The van der Waals surface area contributed by atoms with Gasteiger partial charge in [0, 0.05) is 50.0 Å². The molecule has 6 heteroatoms. The lowest BCUT2D eigenvalue weighted by atomic mass is 9.92. The first-order valence-corrected chi connectivity index (χ1v) is 11.5. The summed E-state index contributed by atoms with van der Waals surface area (Å²) in [6, 6.07) is 13.1. The molecule has 1 unspecified atom stereocenters. The van der Waals surface area contributed by atoms with Crippen molar-refractivity contribution >= 4 is 23.2 Å². The molecule has 6 nitrogen and oxygen atoms in total. The molecule has 0 aliphatic carbocycles. The summed E-state index contributed by atoms with van der Waals surface area (Å²) in [6.07, 6.45) is 1.27. The van der Waals surface area contributed by atoms with Gasteiger partial charge in [-0.25, -0.2) is 0 Å². The van der Waals surface area contributed by atoms with Crippen molar-refractivity contribution < 1.29 is 14.3 Å². The van der Waals surface area contributed by atoms with Crippen LogP contribution in [0.5, 0.6) is 5.75 Å². The van der Waals surface area contributed by atoms with Crippen molar-refractivity contribution in [2.75, 3.05) is 31.4 Å². The fourth-order valence-corrected chi connectivity index (χ4v) is 3.64. The molecule has 2 aromatic rings. The van der Waals surface area contributed by atoms with Gasteiger partial charge in [0.15, 0.2) is 0 Å². The Hall–Kier alpha value is -3.02. The highest BCUT2D eigenvalue weighted by molar-refractivity contribution is 5.95. The van der Waals surface area contributed by atoms with E-state index in [4.69, 9.17) is 4.74 Å². The molecule has 0 saturated carbocycles. The van der Waals surface area contributed by atoms with E-state index < -0.39 is 0 Å². The molecular weight excluding hydrogens is 414 g/mol. The second-order valence-electron chi connectivity index (χ2n) is 9.94. The van der Waals surface area contributed by atoms with Crippen molar-refractivity contribution in [3.63, 3.8) is 0 Å². The molecule has 1 N–H and O–H groups in total. The van der Waals surface area contributed by atoms with Crippen LogP contribution in [-0.4, -0.2) is 44.0 Å². The predicted octanol–water partition coefficient (Wildman–Crippen LogP) is 5.58. The topological polar surface area (TPSA) is 61.9 Å². The number of anilines is 2. The number of methoxy groups -OCH3 is 1. The molecule has 1 atom stereocenters. The maximum absolute atomic E-state index is 13.5. The van der Waals surface area contributed by atoms with Crippen LogP contribution in [0.25, 0.3) is 0 Å². The molecule has 0 saturated heterocycles. The lowest BCUT2D eigenvalue weighted by Gasteiger charge is -2.31. The summed E-state index contributed by atoms with van der Waals surface area (Å²) in [7, 11) is 5.57. The van der Waals surface area contributed by atoms with Gasteiger partial charge in [-0.3, -0.25) is 9.59 Å². The van der Waals surface area contributed by atoms with Crippen molar-refractivity contribution in [3.8, 4) is 5.75 Å². The lowest BCUT2D eigenvalue weighted by molar-refractivity contribution is -0.117. The maximum Gasteiger partial charge on any atom is 0.254 e. The molecule has 0 heterocycles. The highest BCUT2D eigenvalue weighted by Crippen LogP contribution is 2.27. The Labute approximate surface area is 198 Å². The number of ether oxygens (including phenoxy) is 1. The summed E-state index contributed by atoms with van der Waals surface area (Å²) in [4.78, 5) is 29.9. The summed E-state index contributed by atoms with van der Waals surface area (Å²) in [6.45, 7) is 10.7. The van der Waals surface area contributed by atoms with Crippen LogP contribution in [0.3, 0.4) is 0 Å². The summed E-state index contributed by atoms with van der Waals surface area (Å²) < 4.78 is 5.23. The number of rotatable bonds is 9. The van der Waals surface area contributed by atoms with E-state index in [2.05, 4.69) is 19.2 Å². The van der Waals surface area contributed by atoms with Gasteiger partial charge in [-0.05, 0) is 66.8 Å². The molecule has 180 valence electrons. The van der Waals surface area contributed by atoms with Gasteiger partial charge in [0.2, 0.25) is 5.91 Å². The van der Waals surface area contributed by atoms with Gasteiger partial charge in [-0.15, -0.1) is 0 Å². The SMILES string of the molecule is CCC(C)N(Cc1cc(NC(=O)CC(C)(C)C)ccc1N(C)C)C(=O)c1ccc(OC)cc1. The molecular formula is C27H39N3O3. The number of amides is 2. The van der Waals surface area contributed by atoms with E-state index >= 15 is 0 Å². The zero-order valence-electron chi connectivity index (χ0n) is 21.4. The smallest absolute Gasteiger partial charge is 0.254 e. The molecule has 2 rings (SSSR count). The standard InChI is InChI=1S/C27H39N3O3/c1-9-19(2)30(26(32)20-10-13-23(33-8)14-11-20)18-21-16-22(12-15-24(21)29(6)7)28-25(31)17-27(3,4)5/h10-16,19H,9,17-18H2,1-8H3,(H,28,31). The Morgan fingerprint density at radius 3 is 2.21 bits per heavy atom. The number of hydrogen-bond donors (Lipinski definition) is 1. The quantitative estimate of drug-likeness (QED) is 0.539. The normalized spacial score (nSPS) is 12.1. The molecule has 0 bridgehead atoms. The highest BCUT2D eigenvalue weighted by atomic mass is 16.5. The van der Waals surface area contributed by atoms with Crippen molar-refractivity contribution in [3.05, 3.63) is 53.6 Å². The average molecular weight is 454 g/mol. The Morgan fingerprint density at radius 2 is 1.70 bits per heavy atom. The average Bonchev–Trinajstić information content (AvgIpc) is 2.75. The van der Waals surface area contributed by atoms with E-state index in [1.54, 1.807) is 31.4 Å². The van der Waals surface area contributed by atoms with E-state index in [1.807, 2.05) is 62.9 Å². The van der Waals surface area contributed by atoms with Crippen molar-refractivity contribution in [1.29, 1.82) is 0 Å². The summed E-state index contributed by atoms with van der Waals surface area (Å²) in [5, 5.41) is 3.02. The largest absolute Gasteiger partial charge is 0.497 e. The van der Waals surface area contributed by atoms with Crippen LogP contribution in [0.2, 0.25) is 0 Å². The molecule has 0 aliphatic rings. The Kier molecular flexibility index (Phi) is 8.91. The zero-order valence-corrected chi connectivity index (χ0v) is 21.4. The number of carbonyl (C=O) groups is 2. The number of carbonyl (C=O) groups excluding carboxylic acids is 2. The van der Waals surface area contributed by atoms with Crippen molar-refractivity contribution in [2.45, 2.75) is 60.0 Å². The van der Waals surface area contributed by atoms with Crippen LogP contribution >= 0.6 is 0 Å². The molecule has 0 aliphatic heterocycles.